The highest BCUT2D eigenvalue weighted by Crippen LogP contribution is 2.25. The third-order valence-corrected chi connectivity index (χ3v) is 4.30. The lowest BCUT2D eigenvalue weighted by atomic mass is 10.1. The summed E-state index contributed by atoms with van der Waals surface area (Å²) in [5, 5.41) is 0. The number of methoxy groups -OCH3 is 2. The first kappa shape index (κ1) is 22.0. The number of hydrazine groups is 1. The molecule has 0 saturated carbocycles. The number of rotatable bonds is 9. The zero-order valence-electron chi connectivity index (χ0n) is 17.4. The highest BCUT2D eigenvalue weighted by molar-refractivity contribution is 5.92. The molecule has 8 nitrogen and oxygen atoms in total. The maximum absolute atomic E-state index is 14.4. The van der Waals surface area contributed by atoms with Gasteiger partial charge in [0.1, 0.15) is 28.8 Å². The quantitative estimate of drug-likeness (QED) is 0.508. The van der Waals surface area contributed by atoms with Gasteiger partial charge < -0.3 is 14.2 Å². The van der Waals surface area contributed by atoms with Crippen LogP contribution in [0, 0.1) is 5.82 Å². The van der Waals surface area contributed by atoms with Crippen LogP contribution < -0.4 is 25.1 Å². The first-order chi connectivity index (χ1) is 15.0. The second-order valence-corrected chi connectivity index (χ2v) is 6.39. The number of ether oxygens (including phenoxy) is 3. The Morgan fingerprint density at radius 1 is 1.03 bits per heavy atom. The van der Waals surface area contributed by atoms with Crippen LogP contribution in [0.15, 0.2) is 48.8 Å². The van der Waals surface area contributed by atoms with E-state index in [0.717, 1.165) is 5.56 Å². The molecular weight excluding hydrogens is 403 g/mol. The summed E-state index contributed by atoms with van der Waals surface area (Å²) in [7, 11) is 3.12. The van der Waals surface area contributed by atoms with Gasteiger partial charge in [0.15, 0.2) is 0 Å². The SMILES string of the molecule is CCOc1ccc(-c2cncc(C(=O)NNCc3cc(OC)cc(OC)c3)n2)c(F)c1. The fourth-order valence-electron chi connectivity index (χ4n) is 2.82. The van der Waals surface area contributed by atoms with Crippen LogP contribution in [0.25, 0.3) is 11.3 Å². The third kappa shape index (κ3) is 5.67. The Balaban J connectivity index is 1.67. The summed E-state index contributed by atoms with van der Waals surface area (Å²) in [6.45, 7) is 2.57. The first-order valence-electron chi connectivity index (χ1n) is 9.54. The summed E-state index contributed by atoms with van der Waals surface area (Å²) >= 11 is 0. The molecular formula is C22H23FN4O4. The standard InChI is InChI=1S/C22H23FN4O4/c1-4-31-15-5-6-18(19(23)10-15)20-12-24-13-21(26-20)22(28)27-25-11-14-7-16(29-2)9-17(8-14)30-3/h5-10,12-13,25H,4,11H2,1-3H3,(H,27,28). The predicted octanol–water partition coefficient (Wildman–Crippen LogP) is 3.13. The minimum absolute atomic E-state index is 0.0431. The van der Waals surface area contributed by atoms with E-state index in [2.05, 4.69) is 20.8 Å². The topological polar surface area (TPSA) is 94.6 Å². The normalized spacial score (nSPS) is 10.5. The van der Waals surface area contributed by atoms with Crippen molar-refractivity contribution in [1.29, 1.82) is 0 Å². The molecule has 1 heterocycles. The van der Waals surface area contributed by atoms with E-state index >= 15 is 0 Å². The van der Waals surface area contributed by atoms with Gasteiger partial charge in [-0.2, -0.15) is 0 Å². The maximum atomic E-state index is 14.4. The Hall–Kier alpha value is -3.72. The second kappa shape index (κ2) is 10.4. The number of hydrogen-bond donors (Lipinski definition) is 2. The van der Waals surface area contributed by atoms with Crippen LogP contribution in [0.1, 0.15) is 23.0 Å². The molecule has 0 unspecified atom stereocenters. The molecule has 2 aromatic carbocycles. The van der Waals surface area contributed by atoms with E-state index in [4.69, 9.17) is 14.2 Å². The smallest absolute Gasteiger partial charge is 0.285 e. The maximum Gasteiger partial charge on any atom is 0.285 e. The van der Waals surface area contributed by atoms with Gasteiger partial charge in [-0.05, 0) is 36.8 Å². The number of aromatic nitrogens is 2. The van der Waals surface area contributed by atoms with Crippen molar-refractivity contribution in [3.63, 3.8) is 0 Å². The van der Waals surface area contributed by atoms with Gasteiger partial charge in [0.05, 0.1) is 38.9 Å². The molecule has 0 aliphatic rings. The highest BCUT2D eigenvalue weighted by atomic mass is 19.1. The lowest BCUT2D eigenvalue weighted by molar-refractivity contribution is 0.0927. The van der Waals surface area contributed by atoms with Gasteiger partial charge in [-0.15, -0.1) is 0 Å². The van der Waals surface area contributed by atoms with Crippen LogP contribution in [-0.2, 0) is 6.54 Å². The molecule has 0 spiro atoms. The number of hydrogen-bond acceptors (Lipinski definition) is 7. The molecule has 2 N–H and O–H groups in total. The number of nitrogens with zero attached hydrogens (tertiary/aromatic N) is 2. The minimum atomic E-state index is -0.511. The predicted molar refractivity (Wildman–Crippen MR) is 112 cm³/mol. The lowest BCUT2D eigenvalue weighted by Gasteiger charge is -2.11. The molecule has 1 aromatic heterocycles. The van der Waals surface area contributed by atoms with Crippen molar-refractivity contribution in [1.82, 2.24) is 20.8 Å². The largest absolute Gasteiger partial charge is 0.497 e. The Kier molecular flexibility index (Phi) is 7.34. The van der Waals surface area contributed by atoms with Crippen LogP contribution in [-0.4, -0.2) is 36.7 Å². The van der Waals surface area contributed by atoms with Gasteiger partial charge in [-0.25, -0.2) is 14.8 Å². The molecule has 0 radical (unpaired) electrons. The molecule has 1 amide bonds. The van der Waals surface area contributed by atoms with Crippen LogP contribution in [0.5, 0.6) is 17.2 Å². The van der Waals surface area contributed by atoms with E-state index in [1.54, 1.807) is 32.4 Å². The van der Waals surface area contributed by atoms with E-state index in [9.17, 15) is 9.18 Å². The number of halogens is 1. The van der Waals surface area contributed by atoms with Gasteiger partial charge in [-0.1, -0.05) is 0 Å². The summed E-state index contributed by atoms with van der Waals surface area (Å²) < 4.78 is 30.2. The summed E-state index contributed by atoms with van der Waals surface area (Å²) in [6.07, 6.45) is 2.70. The van der Waals surface area contributed by atoms with Crippen LogP contribution in [0.3, 0.4) is 0 Å². The number of amides is 1. The second-order valence-electron chi connectivity index (χ2n) is 6.39. The Bertz CT molecular complexity index is 1040. The van der Waals surface area contributed by atoms with E-state index in [0.29, 0.717) is 30.4 Å². The summed E-state index contributed by atoms with van der Waals surface area (Å²) in [5.74, 6) is 0.680. The van der Waals surface area contributed by atoms with E-state index in [-0.39, 0.29) is 17.0 Å². The molecule has 3 rings (SSSR count). The average molecular weight is 426 g/mol. The molecule has 9 heteroatoms. The van der Waals surface area contributed by atoms with E-state index < -0.39 is 11.7 Å². The Morgan fingerprint density at radius 2 is 1.77 bits per heavy atom. The molecule has 0 bridgehead atoms. The third-order valence-electron chi connectivity index (χ3n) is 4.30. The molecule has 0 atom stereocenters. The number of carbonyl (C=O) groups excluding carboxylic acids is 1. The van der Waals surface area contributed by atoms with Crippen molar-refractivity contribution < 1.29 is 23.4 Å². The van der Waals surface area contributed by atoms with Gasteiger partial charge in [0.2, 0.25) is 0 Å². The van der Waals surface area contributed by atoms with Crippen LogP contribution in [0.2, 0.25) is 0 Å². The van der Waals surface area contributed by atoms with Crippen LogP contribution in [0.4, 0.5) is 4.39 Å². The lowest BCUT2D eigenvalue weighted by Crippen LogP contribution is -2.37. The van der Waals surface area contributed by atoms with E-state index in [1.807, 2.05) is 19.1 Å². The minimum Gasteiger partial charge on any atom is -0.497 e. The van der Waals surface area contributed by atoms with Gasteiger partial charge in [0, 0.05) is 24.2 Å². The Labute approximate surface area is 179 Å². The zero-order valence-corrected chi connectivity index (χ0v) is 17.4. The van der Waals surface area contributed by atoms with Crippen molar-refractivity contribution in [3.05, 3.63) is 65.9 Å². The first-order valence-corrected chi connectivity index (χ1v) is 9.54. The van der Waals surface area contributed by atoms with Gasteiger partial charge in [0.25, 0.3) is 5.91 Å². The Morgan fingerprint density at radius 3 is 2.42 bits per heavy atom. The highest BCUT2D eigenvalue weighted by Gasteiger charge is 2.13. The van der Waals surface area contributed by atoms with Crippen molar-refractivity contribution in [2.24, 2.45) is 0 Å². The molecule has 0 fully saturated rings. The van der Waals surface area contributed by atoms with Crippen molar-refractivity contribution >= 4 is 5.91 Å². The fraction of sp³-hybridized carbons (Fsp3) is 0.227. The summed E-state index contributed by atoms with van der Waals surface area (Å²) in [4.78, 5) is 20.7. The van der Waals surface area contributed by atoms with Crippen LogP contribution >= 0.6 is 0 Å². The van der Waals surface area contributed by atoms with Crippen molar-refractivity contribution in [2.75, 3.05) is 20.8 Å². The average Bonchev–Trinajstić information content (AvgIpc) is 2.79. The molecule has 3 aromatic rings. The molecule has 0 saturated heterocycles. The van der Waals surface area contributed by atoms with Gasteiger partial charge in [-0.3, -0.25) is 15.2 Å². The summed E-state index contributed by atoms with van der Waals surface area (Å²) in [6, 6.07) is 9.84. The number of nitrogens with one attached hydrogen (secondary N) is 2. The molecule has 162 valence electrons. The fourth-order valence-corrected chi connectivity index (χ4v) is 2.82. The monoisotopic (exact) mass is 426 g/mol. The number of carbonyl (C=O) groups is 1. The molecule has 31 heavy (non-hydrogen) atoms. The van der Waals surface area contributed by atoms with E-state index in [1.165, 1.54) is 18.5 Å². The summed E-state index contributed by atoms with van der Waals surface area (Å²) in [5.41, 5.74) is 6.73. The zero-order chi connectivity index (χ0) is 22.2. The van der Waals surface area contributed by atoms with Crippen molar-refractivity contribution in [3.8, 4) is 28.5 Å². The molecule has 0 aliphatic carbocycles. The number of benzene rings is 2. The van der Waals surface area contributed by atoms with Gasteiger partial charge >= 0.3 is 0 Å². The van der Waals surface area contributed by atoms with Crippen molar-refractivity contribution in [2.45, 2.75) is 13.5 Å². The molecule has 0 aliphatic heterocycles.